The lowest BCUT2D eigenvalue weighted by Crippen LogP contribution is -2.35. The van der Waals surface area contributed by atoms with Crippen molar-refractivity contribution in [2.24, 2.45) is 11.8 Å². The summed E-state index contributed by atoms with van der Waals surface area (Å²) in [4.78, 5) is 28.1. The van der Waals surface area contributed by atoms with Crippen LogP contribution in [0.5, 0.6) is 5.75 Å². The fourth-order valence-electron chi connectivity index (χ4n) is 4.94. The van der Waals surface area contributed by atoms with E-state index in [1.807, 2.05) is 13.0 Å². The van der Waals surface area contributed by atoms with Gasteiger partial charge in [0.15, 0.2) is 0 Å². The molecule has 0 bridgehead atoms. The zero-order chi connectivity index (χ0) is 24.8. The summed E-state index contributed by atoms with van der Waals surface area (Å²) in [5.74, 6) is 1.87. The van der Waals surface area contributed by atoms with Gasteiger partial charge in [0.2, 0.25) is 0 Å². The zero-order valence-corrected chi connectivity index (χ0v) is 20.1. The number of amides is 1. The van der Waals surface area contributed by atoms with Crippen molar-refractivity contribution in [2.75, 3.05) is 24.6 Å². The Morgan fingerprint density at radius 2 is 2.08 bits per heavy atom. The molecular weight excluding hydrogens is 480 g/mol. The first kappa shape index (κ1) is 22.2. The van der Waals surface area contributed by atoms with Crippen molar-refractivity contribution in [3.05, 3.63) is 65.5 Å². The Balaban J connectivity index is 1.17. The Morgan fingerprint density at radius 1 is 1.25 bits per heavy atom. The van der Waals surface area contributed by atoms with Crippen LogP contribution in [-0.4, -0.2) is 56.2 Å². The number of nitriles is 1. The van der Waals surface area contributed by atoms with Gasteiger partial charge < -0.3 is 15.0 Å². The predicted octanol–water partition coefficient (Wildman–Crippen LogP) is 2.97. The number of halogens is 1. The first-order chi connectivity index (χ1) is 17.6. The molecule has 3 atom stereocenters. The number of nitrogens with one attached hydrogen (secondary N) is 1. The maximum Gasteiger partial charge on any atom is 0.271 e. The lowest BCUT2D eigenvalue weighted by molar-refractivity contribution is 0.0942. The van der Waals surface area contributed by atoms with Crippen molar-refractivity contribution >= 4 is 28.8 Å². The molecule has 5 heterocycles. The fraction of sp³-hybridized carbons (Fsp3) is 0.280. The molecule has 4 aromatic rings. The number of piperidine rings is 1. The third-order valence-corrected chi connectivity index (χ3v) is 7.03. The Morgan fingerprint density at radius 3 is 2.78 bits per heavy atom. The molecule has 2 aliphatic rings. The summed E-state index contributed by atoms with van der Waals surface area (Å²) in [5, 5.41) is 17.2. The van der Waals surface area contributed by atoms with Gasteiger partial charge in [-0.05, 0) is 25.1 Å². The molecule has 0 radical (unpaired) electrons. The second kappa shape index (κ2) is 8.77. The number of nitrogens with zero attached hydrogens (tertiary/aromatic N) is 7. The summed E-state index contributed by atoms with van der Waals surface area (Å²) >= 11 is 6.10. The number of aromatic nitrogens is 5. The normalized spacial score (nSPS) is 20.1. The Kier molecular flexibility index (Phi) is 5.42. The molecule has 4 aromatic heterocycles. The van der Waals surface area contributed by atoms with Crippen LogP contribution < -0.4 is 15.0 Å². The molecule has 1 saturated heterocycles. The first-order valence-electron chi connectivity index (χ1n) is 11.6. The quantitative estimate of drug-likeness (QED) is 0.429. The summed E-state index contributed by atoms with van der Waals surface area (Å²) in [6, 6.07) is 7.52. The van der Waals surface area contributed by atoms with Gasteiger partial charge in [-0.25, -0.2) is 14.5 Å². The van der Waals surface area contributed by atoms with Crippen LogP contribution in [0.3, 0.4) is 0 Å². The third kappa shape index (κ3) is 3.78. The van der Waals surface area contributed by atoms with Gasteiger partial charge in [0.25, 0.3) is 5.91 Å². The highest BCUT2D eigenvalue weighted by atomic mass is 35.5. The molecule has 0 aromatic carbocycles. The molecular formula is C25H21ClN8O2. The van der Waals surface area contributed by atoms with Crippen molar-refractivity contribution in [3.8, 4) is 23.1 Å². The van der Waals surface area contributed by atoms with E-state index in [9.17, 15) is 10.1 Å². The smallest absolute Gasteiger partial charge is 0.271 e. The molecule has 1 aliphatic carbocycles. The Labute approximate surface area is 211 Å². The van der Waals surface area contributed by atoms with Gasteiger partial charge >= 0.3 is 0 Å². The van der Waals surface area contributed by atoms with Crippen LogP contribution in [0, 0.1) is 23.2 Å². The van der Waals surface area contributed by atoms with Crippen LogP contribution >= 0.6 is 11.6 Å². The predicted molar refractivity (Wildman–Crippen MR) is 132 cm³/mol. The molecule has 36 heavy (non-hydrogen) atoms. The van der Waals surface area contributed by atoms with E-state index in [0.29, 0.717) is 46.0 Å². The third-order valence-electron chi connectivity index (χ3n) is 6.72. The van der Waals surface area contributed by atoms with Gasteiger partial charge in [0, 0.05) is 42.7 Å². The topological polar surface area (TPSA) is 121 Å². The Hall–Kier alpha value is -4.23. The van der Waals surface area contributed by atoms with E-state index >= 15 is 0 Å². The van der Waals surface area contributed by atoms with Crippen LogP contribution in [-0.2, 0) is 0 Å². The van der Waals surface area contributed by atoms with E-state index < -0.39 is 0 Å². The molecule has 1 unspecified atom stereocenters. The molecule has 0 spiro atoms. The van der Waals surface area contributed by atoms with Crippen molar-refractivity contribution < 1.29 is 9.53 Å². The molecule has 180 valence electrons. The maximum absolute atomic E-state index is 12.5. The molecule has 10 nitrogen and oxygen atoms in total. The van der Waals surface area contributed by atoms with Crippen molar-refractivity contribution in [2.45, 2.75) is 13.0 Å². The maximum atomic E-state index is 12.5. The number of carbonyl (C=O) groups is 1. The number of hydrogen-bond acceptors (Lipinski definition) is 8. The van der Waals surface area contributed by atoms with Crippen molar-refractivity contribution in [1.29, 1.82) is 5.26 Å². The van der Waals surface area contributed by atoms with E-state index in [2.05, 4.69) is 36.3 Å². The van der Waals surface area contributed by atoms with E-state index in [1.165, 1.54) is 6.20 Å². The molecule has 11 heteroatoms. The zero-order valence-electron chi connectivity index (χ0n) is 19.3. The van der Waals surface area contributed by atoms with Gasteiger partial charge in [-0.15, -0.1) is 0 Å². The lowest BCUT2D eigenvalue weighted by atomic mass is 10.1. The highest BCUT2D eigenvalue weighted by Crippen LogP contribution is 2.46. The molecule has 2 fully saturated rings. The monoisotopic (exact) mass is 500 g/mol. The second-order valence-electron chi connectivity index (χ2n) is 8.81. The largest absolute Gasteiger partial charge is 0.492 e. The second-order valence-corrected chi connectivity index (χ2v) is 9.22. The molecule has 1 saturated carbocycles. The van der Waals surface area contributed by atoms with Crippen LogP contribution in [0.1, 0.15) is 23.0 Å². The number of fused-ring (bicyclic) bond motifs is 2. The summed E-state index contributed by atoms with van der Waals surface area (Å²) in [6.07, 6.45) is 8.29. The molecule has 6 rings (SSSR count). The average Bonchev–Trinajstić information content (AvgIpc) is 3.23. The summed E-state index contributed by atoms with van der Waals surface area (Å²) < 4.78 is 7.31. The van der Waals surface area contributed by atoms with Gasteiger partial charge in [0.1, 0.15) is 23.3 Å². The number of rotatable bonds is 6. The highest BCUT2D eigenvalue weighted by Gasteiger charge is 2.57. The summed E-state index contributed by atoms with van der Waals surface area (Å²) in [7, 11) is 0. The van der Waals surface area contributed by atoms with Gasteiger partial charge in [-0.1, -0.05) is 11.6 Å². The number of anilines is 1. The van der Waals surface area contributed by atoms with Crippen LogP contribution in [0.4, 0.5) is 5.82 Å². The van der Waals surface area contributed by atoms with E-state index in [1.54, 1.807) is 41.4 Å². The van der Waals surface area contributed by atoms with Crippen molar-refractivity contribution in [3.63, 3.8) is 0 Å². The van der Waals surface area contributed by atoms with Crippen LogP contribution in [0.25, 0.3) is 16.8 Å². The van der Waals surface area contributed by atoms with Crippen LogP contribution in [0.2, 0.25) is 5.02 Å². The van der Waals surface area contributed by atoms with Crippen molar-refractivity contribution in [1.82, 2.24) is 29.9 Å². The van der Waals surface area contributed by atoms with Gasteiger partial charge in [-0.3, -0.25) is 9.78 Å². The van der Waals surface area contributed by atoms with E-state index in [-0.39, 0.29) is 17.6 Å². The number of hydrogen-bond donors (Lipinski definition) is 1. The highest BCUT2D eigenvalue weighted by molar-refractivity contribution is 6.33. The minimum atomic E-state index is -0.243. The number of pyridine rings is 2. The first-order valence-corrected chi connectivity index (χ1v) is 12.0. The Bertz CT molecular complexity index is 1500. The van der Waals surface area contributed by atoms with E-state index in [4.69, 9.17) is 16.3 Å². The van der Waals surface area contributed by atoms with E-state index in [0.717, 1.165) is 24.5 Å². The molecule has 1 N–H and O–H groups in total. The van der Waals surface area contributed by atoms with Gasteiger partial charge in [-0.2, -0.15) is 10.4 Å². The SMILES string of the molecule is CCOc1cc(-c2cnc(N3C[C@@H]4C(NC(=O)c5ncccc5Cl)[C@@H]4C3)cn2)c2c(C#N)cnn2c1. The number of ether oxygens (including phenoxy) is 1. The average molecular weight is 501 g/mol. The van der Waals surface area contributed by atoms with Gasteiger partial charge in [0.05, 0.1) is 53.2 Å². The summed E-state index contributed by atoms with van der Waals surface area (Å²) in [5.41, 5.74) is 2.73. The molecule has 1 aliphatic heterocycles. The fourth-order valence-corrected chi connectivity index (χ4v) is 5.15. The lowest BCUT2D eigenvalue weighted by Gasteiger charge is -2.21. The minimum absolute atomic E-state index is 0.111. The molecule has 1 amide bonds. The number of carbonyl (C=O) groups excluding carboxylic acids is 1. The summed E-state index contributed by atoms with van der Waals surface area (Å²) in [6.45, 7) is 3.98. The minimum Gasteiger partial charge on any atom is -0.492 e. The standard InChI is InChI=1S/C25H21ClN8O2/c1-2-36-15-6-16(24-14(7-27)8-31-34(24)11-15)20-9-30-21(10-29-20)33-12-17-18(13-33)22(17)32-25(35)23-19(26)4-3-5-28-23/h3-6,8-11,17-18,22H,2,12-13H2,1H3,(H,32,35)/t17-,18+,22?. The van der Waals surface area contributed by atoms with Crippen LogP contribution in [0.15, 0.2) is 49.2 Å².